The number of carboxylic acids is 1. The smallest absolute Gasteiger partial charge is 0.303 e. The van der Waals surface area contributed by atoms with Crippen LogP contribution in [-0.4, -0.2) is 82.6 Å². The maximum absolute atomic E-state index is 11.3. The van der Waals surface area contributed by atoms with E-state index in [-0.39, 0.29) is 18.5 Å². The maximum atomic E-state index is 11.3. The summed E-state index contributed by atoms with van der Waals surface area (Å²) in [5, 5.41) is 9.29. The van der Waals surface area contributed by atoms with Crippen molar-refractivity contribution < 1.29 is 42.8 Å². The number of fused-ring (bicyclic) bond motifs is 2. The van der Waals surface area contributed by atoms with Crippen molar-refractivity contribution in [3.8, 4) is 46.0 Å². The van der Waals surface area contributed by atoms with Gasteiger partial charge < -0.3 is 38.0 Å². The van der Waals surface area contributed by atoms with Crippen molar-refractivity contribution in [2.24, 2.45) is 0 Å². The lowest BCUT2D eigenvalue weighted by Crippen LogP contribution is -2.52. The second-order valence-corrected chi connectivity index (χ2v) is 15.1. The number of likely N-dealkylation sites (N-methyl/N-ethyl adjacent to an activating group) is 2. The molecular weight excluding hydrogens is 684 g/mol. The molecular formula is C44H53N2O8+. The summed E-state index contributed by atoms with van der Waals surface area (Å²) in [6, 6.07) is 21.1. The van der Waals surface area contributed by atoms with E-state index in [2.05, 4.69) is 61.5 Å². The number of hydrogen-bond acceptors (Lipinski definition) is 8. The van der Waals surface area contributed by atoms with Crippen LogP contribution in [0, 0.1) is 0 Å². The Morgan fingerprint density at radius 1 is 0.796 bits per heavy atom. The van der Waals surface area contributed by atoms with E-state index in [0.29, 0.717) is 53.1 Å². The van der Waals surface area contributed by atoms with Crippen molar-refractivity contribution in [2.75, 3.05) is 62.2 Å². The van der Waals surface area contributed by atoms with Gasteiger partial charge in [0.1, 0.15) is 11.8 Å². The molecule has 0 aromatic heterocycles. The largest absolute Gasteiger partial charge is 0.493 e. The fourth-order valence-electron chi connectivity index (χ4n) is 8.70. The Kier molecular flexibility index (Phi) is 10.9. The number of carboxylic acid groups (broad SMARTS) is 1. The Morgan fingerprint density at radius 3 is 2.24 bits per heavy atom. The summed E-state index contributed by atoms with van der Waals surface area (Å²) in [7, 11) is 11.2. The minimum Gasteiger partial charge on any atom is -0.493 e. The van der Waals surface area contributed by atoms with Gasteiger partial charge in [-0.3, -0.25) is 9.69 Å². The van der Waals surface area contributed by atoms with Crippen LogP contribution in [0.5, 0.6) is 46.0 Å². The maximum Gasteiger partial charge on any atom is 0.303 e. The predicted octanol–water partition coefficient (Wildman–Crippen LogP) is 8.32. The molecule has 0 saturated carbocycles. The van der Waals surface area contributed by atoms with Gasteiger partial charge in [-0.05, 0) is 109 Å². The molecule has 10 heteroatoms. The van der Waals surface area contributed by atoms with Gasteiger partial charge in [0.15, 0.2) is 34.5 Å². The molecule has 10 nitrogen and oxygen atoms in total. The number of nitrogens with zero attached hydrogens (tertiary/aromatic N) is 2. The van der Waals surface area contributed by atoms with E-state index in [1.165, 1.54) is 16.7 Å². The fourth-order valence-corrected chi connectivity index (χ4v) is 8.70. The van der Waals surface area contributed by atoms with Gasteiger partial charge in [-0.25, -0.2) is 0 Å². The minimum atomic E-state index is -0.752. The third-order valence-electron chi connectivity index (χ3n) is 11.8. The van der Waals surface area contributed by atoms with Crippen LogP contribution in [0.25, 0.3) is 0 Å². The molecule has 4 heterocycles. The number of hydrogen-bond donors (Lipinski definition) is 1. The zero-order chi connectivity index (χ0) is 38.0. The molecule has 4 aromatic carbocycles. The van der Waals surface area contributed by atoms with Crippen molar-refractivity contribution >= 4 is 5.97 Å². The highest BCUT2D eigenvalue weighted by Gasteiger charge is 2.43. The van der Waals surface area contributed by atoms with Crippen LogP contribution in [-0.2, 0) is 30.5 Å². The lowest BCUT2D eigenvalue weighted by molar-refractivity contribution is -0.941. The van der Waals surface area contributed by atoms with Gasteiger partial charge in [0.25, 0.3) is 0 Å². The van der Waals surface area contributed by atoms with E-state index in [1.807, 2.05) is 18.2 Å². The van der Waals surface area contributed by atoms with Crippen LogP contribution in [0.2, 0.25) is 0 Å². The zero-order valence-electron chi connectivity index (χ0n) is 32.4. The highest BCUT2D eigenvalue weighted by molar-refractivity contribution is 5.66. The molecule has 0 amide bonds. The topological polar surface area (TPSA) is 95.9 Å². The molecule has 4 aliphatic rings. The average Bonchev–Trinajstić information content (AvgIpc) is 3.17. The third-order valence-corrected chi connectivity index (χ3v) is 11.8. The highest BCUT2D eigenvalue weighted by atomic mass is 16.5. The van der Waals surface area contributed by atoms with Crippen molar-refractivity contribution in [1.82, 2.24) is 4.90 Å². The van der Waals surface area contributed by atoms with Gasteiger partial charge in [0.05, 0.1) is 54.1 Å². The van der Waals surface area contributed by atoms with Crippen LogP contribution in [0.1, 0.15) is 71.1 Å². The standard InChI is InChI=1S/C44H52N2O8/c1-45-19-17-30-25-37(50-4)39-27-33(30)34(45)22-28-11-14-32(15-12-28)53-38-24-29(13-16-36(38)49-3)23-35-42-31(26-40(51-5)43(52-6)44(42)54-39)18-21-46(35,2)20-9-7-8-10-41(47)48/h11-16,24-27,34-35H,7-10,17-23H2,1-6H3/p+1. The van der Waals surface area contributed by atoms with E-state index in [9.17, 15) is 9.90 Å². The molecule has 0 fully saturated rings. The first kappa shape index (κ1) is 37.4. The van der Waals surface area contributed by atoms with Crippen molar-refractivity contribution in [2.45, 2.75) is 63.5 Å². The molecule has 3 unspecified atom stereocenters. The summed E-state index contributed by atoms with van der Waals surface area (Å²) >= 11 is 0. The Morgan fingerprint density at radius 2 is 1.52 bits per heavy atom. The van der Waals surface area contributed by atoms with Gasteiger partial charge in [-0.1, -0.05) is 18.2 Å². The number of rotatable bonds is 10. The SMILES string of the molecule is COc1ccc2cc1Oc1ccc(cc1)CC1c3cc(c(OC)cc3CCN1C)Oc1c(OC)c(OC)cc3c1C(C2)[N+](C)(CCCCCC(=O)O)CC3. The number of methoxy groups -OCH3 is 4. The molecule has 0 aliphatic carbocycles. The molecule has 6 bridgehead atoms. The summed E-state index contributed by atoms with van der Waals surface area (Å²) < 4.78 is 38.5. The Hall–Kier alpha value is -4.93. The number of ether oxygens (including phenoxy) is 6. The molecule has 1 N–H and O–H groups in total. The first-order chi connectivity index (χ1) is 26.1. The van der Waals surface area contributed by atoms with Crippen molar-refractivity contribution in [3.63, 3.8) is 0 Å². The van der Waals surface area contributed by atoms with Crippen LogP contribution in [0.4, 0.5) is 0 Å². The van der Waals surface area contributed by atoms with Gasteiger partial charge in [-0.2, -0.15) is 0 Å². The van der Waals surface area contributed by atoms with Crippen molar-refractivity contribution in [1.29, 1.82) is 0 Å². The summed E-state index contributed by atoms with van der Waals surface area (Å²) in [6.45, 7) is 2.71. The molecule has 0 radical (unpaired) electrons. The van der Waals surface area contributed by atoms with Gasteiger partial charge in [0.2, 0.25) is 5.75 Å². The third kappa shape index (κ3) is 7.42. The number of quaternary nitrogens is 1. The number of aliphatic carboxylic acids is 1. The first-order valence-electron chi connectivity index (χ1n) is 19.0. The van der Waals surface area contributed by atoms with Crippen LogP contribution < -0.4 is 28.4 Å². The molecule has 0 saturated heterocycles. The zero-order valence-corrected chi connectivity index (χ0v) is 32.4. The number of carbonyl (C=O) groups is 1. The second kappa shape index (κ2) is 15.8. The van der Waals surface area contributed by atoms with E-state index in [1.54, 1.807) is 28.4 Å². The van der Waals surface area contributed by atoms with Crippen LogP contribution >= 0.6 is 0 Å². The Balaban J connectivity index is 1.44. The quantitative estimate of drug-likeness (QED) is 0.127. The molecule has 3 atom stereocenters. The molecule has 4 aromatic rings. The van der Waals surface area contributed by atoms with Gasteiger partial charge in [0, 0.05) is 31.8 Å². The monoisotopic (exact) mass is 737 g/mol. The lowest BCUT2D eigenvalue weighted by Gasteiger charge is -2.46. The first-order valence-corrected chi connectivity index (χ1v) is 19.0. The molecule has 4 aliphatic heterocycles. The van der Waals surface area contributed by atoms with E-state index in [0.717, 1.165) is 78.7 Å². The summed E-state index contributed by atoms with van der Waals surface area (Å²) in [4.78, 5) is 13.7. The normalized spacial score (nSPS) is 20.4. The van der Waals surface area contributed by atoms with E-state index in [4.69, 9.17) is 28.4 Å². The average molecular weight is 738 g/mol. The van der Waals surface area contributed by atoms with E-state index < -0.39 is 5.97 Å². The molecule has 54 heavy (non-hydrogen) atoms. The fraction of sp³-hybridized carbons (Fsp3) is 0.432. The Labute approximate surface area is 318 Å². The van der Waals surface area contributed by atoms with Gasteiger partial charge in [-0.15, -0.1) is 0 Å². The van der Waals surface area contributed by atoms with Crippen LogP contribution in [0.15, 0.2) is 60.7 Å². The van der Waals surface area contributed by atoms with Crippen LogP contribution in [0.3, 0.4) is 0 Å². The number of unbranched alkanes of at least 4 members (excludes halogenated alkanes) is 2. The Bertz CT molecular complexity index is 2000. The van der Waals surface area contributed by atoms with E-state index >= 15 is 0 Å². The summed E-state index contributed by atoms with van der Waals surface area (Å²) in [5.41, 5.74) is 7.01. The predicted molar refractivity (Wildman–Crippen MR) is 207 cm³/mol. The molecule has 286 valence electrons. The minimum absolute atomic E-state index is 0.0510. The van der Waals surface area contributed by atoms with Gasteiger partial charge >= 0.3 is 5.97 Å². The van der Waals surface area contributed by atoms with Crippen molar-refractivity contribution in [3.05, 3.63) is 94.0 Å². The second-order valence-electron chi connectivity index (χ2n) is 15.1. The lowest BCUT2D eigenvalue weighted by atomic mass is 9.85. The molecule has 0 spiro atoms. The summed E-state index contributed by atoms with van der Waals surface area (Å²) in [5.74, 6) is 4.41. The number of benzene rings is 4. The summed E-state index contributed by atoms with van der Waals surface area (Å²) in [6.07, 6.45) is 5.80. The highest BCUT2D eigenvalue weighted by Crippen LogP contribution is 2.53. The molecule has 8 rings (SSSR count).